The summed E-state index contributed by atoms with van der Waals surface area (Å²) in [7, 11) is 0. The summed E-state index contributed by atoms with van der Waals surface area (Å²) in [6, 6.07) is 2.04. The number of hydrogen-bond donors (Lipinski definition) is 1. The highest BCUT2D eigenvalue weighted by molar-refractivity contribution is 5.85. The van der Waals surface area contributed by atoms with Gasteiger partial charge in [-0.2, -0.15) is 0 Å². The van der Waals surface area contributed by atoms with E-state index in [0.717, 1.165) is 13.1 Å². The van der Waals surface area contributed by atoms with Gasteiger partial charge in [0, 0.05) is 13.1 Å². The molecule has 0 amide bonds. The molecule has 1 heterocycles. The molecule has 3 nitrogen and oxygen atoms in total. The van der Waals surface area contributed by atoms with Crippen molar-refractivity contribution in [1.29, 1.82) is 5.41 Å². The van der Waals surface area contributed by atoms with Gasteiger partial charge in [-0.3, -0.25) is 5.01 Å². The van der Waals surface area contributed by atoms with Crippen LogP contribution >= 0.6 is 12.4 Å². The molecule has 1 N–H and O–H groups in total. The maximum absolute atomic E-state index is 6.58. The molecular weight excluding hydrogens is 150 g/mol. The van der Waals surface area contributed by atoms with Crippen molar-refractivity contribution in [2.75, 3.05) is 13.1 Å². The molecule has 1 fully saturated rings. The quantitative estimate of drug-likeness (QED) is 0.583. The van der Waals surface area contributed by atoms with E-state index in [1.807, 2.05) is 11.0 Å². The topological polar surface area (TPSA) is 39.5 Å². The lowest BCUT2D eigenvalue weighted by molar-refractivity contribution is 0.240. The molecular formula is C6H12ClN3. The zero-order valence-electron chi connectivity index (χ0n) is 5.84. The van der Waals surface area contributed by atoms with E-state index >= 15 is 0 Å². The molecule has 0 unspecified atom stereocenters. The van der Waals surface area contributed by atoms with Crippen molar-refractivity contribution in [3.05, 3.63) is 0 Å². The highest BCUT2D eigenvalue weighted by Crippen LogP contribution is 2.07. The molecule has 0 atom stereocenters. The molecule has 0 aromatic carbocycles. The van der Waals surface area contributed by atoms with Crippen molar-refractivity contribution in [2.45, 2.75) is 19.3 Å². The van der Waals surface area contributed by atoms with Gasteiger partial charge in [0.05, 0.1) is 0 Å². The molecule has 4 heteroatoms. The number of halogens is 1. The molecule has 1 saturated heterocycles. The first-order valence-corrected chi connectivity index (χ1v) is 3.31. The van der Waals surface area contributed by atoms with Crippen molar-refractivity contribution in [1.82, 2.24) is 5.01 Å². The second kappa shape index (κ2) is 5.27. The largest absolute Gasteiger partial charge is 0.288 e. The minimum absolute atomic E-state index is 0. The summed E-state index contributed by atoms with van der Waals surface area (Å²) in [5.41, 5.74) is 0. The predicted molar refractivity (Wildman–Crippen MR) is 42.8 cm³/mol. The summed E-state index contributed by atoms with van der Waals surface area (Å²) >= 11 is 0. The van der Waals surface area contributed by atoms with Crippen LogP contribution in [0.15, 0.2) is 5.10 Å². The van der Waals surface area contributed by atoms with E-state index in [1.165, 1.54) is 19.3 Å². The van der Waals surface area contributed by atoms with E-state index in [9.17, 15) is 0 Å². The Balaban J connectivity index is 0.000000810. The SMILES string of the molecule is Cl.N=C=NN1CCCCC1. The van der Waals surface area contributed by atoms with Crippen LogP contribution in [0.3, 0.4) is 0 Å². The normalized spacial score (nSPS) is 17.0. The Bertz CT molecular complexity index is 125. The lowest BCUT2D eigenvalue weighted by Gasteiger charge is -2.21. The van der Waals surface area contributed by atoms with Crippen LogP contribution in [0.25, 0.3) is 0 Å². The van der Waals surface area contributed by atoms with Gasteiger partial charge in [-0.1, -0.05) is 0 Å². The number of hydrazone groups is 1. The molecule has 1 aliphatic heterocycles. The summed E-state index contributed by atoms with van der Waals surface area (Å²) in [5, 5.41) is 12.2. The Kier molecular flexibility index (Phi) is 4.99. The van der Waals surface area contributed by atoms with E-state index in [0.29, 0.717) is 0 Å². The van der Waals surface area contributed by atoms with Gasteiger partial charge in [0.1, 0.15) is 6.01 Å². The Labute approximate surface area is 67.0 Å². The van der Waals surface area contributed by atoms with E-state index in [2.05, 4.69) is 5.10 Å². The van der Waals surface area contributed by atoms with Gasteiger partial charge in [-0.25, -0.2) is 5.41 Å². The molecule has 0 bridgehead atoms. The van der Waals surface area contributed by atoms with Crippen molar-refractivity contribution in [2.24, 2.45) is 5.10 Å². The molecule has 0 saturated carbocycles. The molecule has 1 rings (SSSR count). The zero-order chi connectivity index (χ0) is 6.53. The first-order chi connectivity index (χ1) is 4.43. The molecule has 10 heavy (non-hydrogen) atoms. The summed E-state index contributed by atoms with van der Waals surface area (Å²) < 4.78 is 0. The minimum atomic E-state index is 0. The highest BCUT2D eigenvalue weighted by atomic mass is 35.5. The van der Waals surface area contributed by atoms with E-state index in [-0.39, 0.29) is 12.4 Å². The summed E-state index contributed by atoms with van der Waals surface area (Å²) in [6.07, 6.45) is 3.74. The maximum Gasteiger partial charge on any atom is 0.111 e. The van der Waals surface area contributed by atoms with Crippen LogP contribution in [0.5, 0.6) is 0 Å². The number of nitrogens with zero attached hydrogens (tertiary/aromatic N) is 2. The Morgan fingerprint density at radius 1 is 1.20 bits per heavy atom. The van der Waals surface area contributed by atoms with Gasteiger partial charge in [0.15, 0.2) is 0 Å². The first-order valence-electron chi connectivity index (χ1n) is 3.31. The van der Waals surface area contributed by atoms with Crippen LogP contribution in [0.2, 0.25) is 0 Å². The Hall–Kier alpha value is -0.530. The number of piperidine rings is 1. The molecule has 1 aliphatic rings. The fourth-order valence-electron chi connectivity index (χ4n) is 1.05. The molecule has 58 valence electrons. The third-order valence-electron chi connectivity index (χ3n) is 1.52. The average Bonchev–Trinajstić information content (AvgIpc) is 1.91. The van der Waals surface area contributed by atoms with E-state index < -0.39 is 0 Å². The third kappa shape index (κ3) is 2.85. The molecule has 0 aliphatic carbocycles. The average molecular weight is 162 g/mol. The van der Waals surface area contributed by atoms with Crippen LogP contribution < -0.4 is 0 Å². The van der Waals surface area contributed by atoms with Gasteiger partial charge < -0.3 is 0 Å². The Morgan fingerprint density at radius 3 is 2.30 bits per heavy atom. The van der Waals surface area contributed by atoms with Gasteiger partial charge in [-0.15, -0.1) is 17.5 Å². The van der Waals surface area contributed by atoms with Gasteiger partial charge in [0.2, 0.25) is 0 Å². The van der Waals surface area contributed by atoms with Gasteiger partial charge in [0.25, 0.3) is 0 Å². The molecule has 0 spiro atoms. The maximum atomic E-state index is 6.58. The van der Waals surface area contributed by atoms with E-state index in [4.69, 9.17) is 5.41 Å². The van der Waals surface area contributed by atoms with Crippen LogP contribution in [0, 0.1) is 5.41 Å². The van der Waals surface area contributed by atoms with Crippen molar-refractivity contribution in [3.8, 4) is 0 Å². The molecule has 0 aromatic heterocycles. The molecule has 0 aromatic rings. The van der Waals surface area contributed by atoms with Crippen LogP contribution in [0.4, 0.5) is 0 Å². The van der Waals surface area contributed by atoms with Crippen LogP contribution in [-0.4, -0.2) is 24.1 Å². The minimum Gasteiger partial charge on any atom is -0.288 e. The summed E-state index contributed by atoms with van der Waals surface area (Å²) in [5.74, 6) is 0. The lowest BCUT2D eigenvalue weighted by Crippen LogP contribution is -2.23. The zero-order valence-corrected chi connectivity index (χ0v) is 6.65. The van der Waals surface area contributed by atoms with Crippen LogP contribution in [0.1, 0.15) is 19.3 Å². The summed E-state index contributed by atoms with van der Waals surface area (Å²) in [6.45, 7) is 2.01. The number of rotatable bonds is 1. The van der Waals surface area contributed by atoms with Crippen molar-refractivity contribution in [3.63, 3.8) is 0 Å². The monoisotopic (exact) mass is 161 g/mol. The van der Waals surface area contributed by atoms with Gasteiger partial charge in [-0.05, 0) is 19.3 Å². The predicted octanol–water partition coefficient (Wildman–Crippen LogP) is 1.56. The lowest BCUT2D eigenvalue weighted by atomic mass is 10.2. The highest BCUT2D eigenvalue weighted by Gasteiger charge is 2.05. The van der Waals surface area contributed by atoms with Crippen LogP contribution in [-0.2, 0) is 0 Å². The number of nitrogens with one attached hydrogen (secondary N) is 1. The van der Waals surface area contributed by atoms with Crippen molar-refractivity contribution >= 4 is 18.4 Å². The third-order valence-corrected chi connectivity index (χ3v) is 1.52. The van der Waals surface area contributed by atoms with E-state index in [1.54, 1.807) is 0 Å². The fraction of sp³-hybridized carbons (Fsp3) is 0.833. The Morgan fingerprint density at radius 2 is 1.80 bits per heavy atom. The standard InChI is InChI=1S/C6H11N3.ClH/c7-6-8-9-4-2-1-3-5-9;/h7H,1-5H2;1H. The second-order valence-electron chi connectivity index (χ2n) is 2.23. The first kappa shape index (κ1) is 9.47. The van der Waals surface area contributed by atoms with Crippen molar-refractivity contribution < 1.29 is 0 Å². The van der Waals surface area contributed by atoms with Gasteiger partial charge >= 0.3 is 0 Å². The smallest absolute Gasteiger partial charge is 0.111 e. The second-order valence-corrected chi connectivity index (χ2v) is 2.23. The summed E-state index contributed by atoms with van der Waals surface area (Å²) in [4.78, 5) is 0. The number of hydrogen-bond acceptors (Lipinski definition) is 3. The molecule has 0 radical (unpaired) electrons. The fourth-order valence-corrected chi connectivity index (χ4v) is 1.05.